The lowest BCUT2D eigenvalue weighted by molar-refractivity contribution is -0.111. The van der Waals surface area contributed by atoms with Gasteiger partial charge < -0.3 is 5.32 Å². The highest BCUT2D eigenvalue weighted by molar-refractivity contribution is 9.10. The molecule has 0 spiro atoms. The fourth-order valence-electron chi connectivity index (χ4n) is 1.91. The van der Waals surface area contributed by atoms with E-state index in [2.05, 4.69) is 40.2 Å². The van der Waals surface area contributed by atoms with Crippen molar-refractivity contribution in [3.8, 4) is 0 Å². The van der Waals surface area contributed by atoms with Crippen LogP contribution in [-0.4, -0.2) is 15.7 Å². The van der Waals surface area contributed by atoms with Gasteiger partial charge in [-0.25, -0.2) is 9.07 Å². The van der Waals surface area contributed by atoms with Gasteiger partial charge in [-0.1, -0.05) is 29.8 Å². The summed E-state index contributed by atoms with van der Waals surface area (Å²) in [5.41, 5.74) is 0.347. The maximum Gasteiger partial charge on any atom is 0.249 e. The van der Waals surface area contributed by atoms with Gasteiger partial charge in [0, 0.05) is 28.7 Å². The first-order chi connectivity index (χ1) is 10.5. The molecule has 1 amide bonds. The van der Waals surface area contributed by atoms with E-state index in [1.165, 1.54) is 18.2 Å². The van der Waals surface area contributed by atoms with Gasteiger partial charge in [-0.2, -0.15) is 5.10 Å². The second-order valence-corrected chi connectivity index (χ2v) is 6.20. The zero-order valence-electron chi connectivity index (χ0n) is 12.4. The number of carbonyl (C=O) groups excluding carboxylic acids is 1. The summed E-state index contributed by atoms with van der Waals surface area (Å²) < 4.78 is 16.1. The molecule has 1 aromatic carbocycles. The summed E-state index contributed by atoms with van der Waals surface area (Å²) in [7, 11) is 0. The molecule has 0 aliphatic heterocycles. The number of amides is 1. The van der Waals surface area contributed by atoms with Gasteiger partial charge in [0.2, 0.25) is 5.91 Å². The van der Waals surface area contributed by atoms with Crippen LogP contribution in [0.15, 0.2) is 41.0 Å². The first-order valence-corrected chi connectivity index (χ1v) is 7.71. The Labute approximate surface area is 137 Å². The molecule has 116 valence electrons. The highest BCUT2D eigenvalue weighted by atomic mass is 79.9. The van der Waals surface area contributed by atoms with E-state index >= 15 is 0 Å². The van der Waals surface area contributed by atoms with Crippen LogP contribution in [0.1, 0.15) is 19.4 Å². The lowest BCUT2D eigenvalue weighted by atomic mass is 10.2. The fraction of sp³-hybridized carbons (Fsp3) is 0.250. The quantitative estimate of drug-likeness (QED) is 0.811. The SMILES string of the molecule is CC(C)Cn1nccc1NC(=O)/C=C/c1cc(Br)ccc1F. The summed E-state index contributed by atoms with van der Waals surface area (Å²) >= 11 is 3.27. The Balaban J connectivity index is 2.05. The number of benzene rings is 1. The van der Waals surface area contributed by atoms with Crippen LogP contribution in [0.4, 0.5) is 10.2 Å². The normalized spacial score (nSPS) is 11.3. The molecule has 1 aromatic heterocycles. The average molecular weight is 366 g/mol. The maximum atomic E-state index is 13.6. The molecule has 0 fully saturated rings. The molecule has 0 saturated heterocycles. The molecular weight excluding hydrogens is 349 g/mol. The Hall–Kier alpha value is -1.95. The number of rotatable bonds is 5. The van der Waals surface area contributed by atoms with Crippen molar-refractivity contribution in [1.29, 1.82) is 0 Å². The summed E-state index contributed by atoms with van der Waals surface area (Å²) in [6.45, 7) is 4.86. The predicted octanol–water partition coefficient (Wildman–Crippen LogP) is 4.09. The minimum atomic E-state index is -0.378. The van der Waals surface area contributed by atoms with Crippen LogP contribution in [0.5, 0.6) is 0 Å². The molecule has 0 saturated carbocycles. The zero-order valence-corrected chi connectivity index (χ0v) is 14.0. The molecule has 0 aliphatic rings. The van der Waals surface area contributed by atoms with Crippen LogP contribution in [-0.2, 0) is 11.3 Å². The van der Waals surface area contributed by atoms with E-state index in [1.807, 2.05) is 0 Å². The van der Waals surface area contributed by atoms with Gasteiger partial charge in [-0.05, 0) is 30.2 Å². The molecule has 0 aliphatic carbocycles. The number of halogens is 2. The second-order valence-electron chi connectivity index (χ2n) is 5.28. The molecule has 6 heteroatoms. The molecule has 0 atom stereocenters. The van der Waals surface area contributed by atoms with Crippen LogP contribution in [0.25, 0.3) is 6.08 Å². The van der Waals surface area contributed by atoms with Crippen molar-refractivity contribution in [3.05, 3.63) is 52.4 Å². The molecule has 0 bridgehead atoms. The van der Waals surface area contributed by atoms with Gasteiger partial charge in [0.25, 0.3) is 0 Å². The van der Waals surface area contributed by atoms with E-state index in [9.17, 15) is 9.18 Å². The van der Waals surface area contributed by atoms with Crippen LogP contribution in [0, 0.1) is 11.7 Å². The number of carbonyl (C=O) groups is 1. The zero-order chi connectivity index (χ0) is 16.1. The van der Waals surface area contributed by atoms with E-state index < -0.39 is 0 Å². The summed E-state index contributed by atoms with van der Waals surface area (Å²) in [5, 5.41) is 6.91. The first-order valence-electron chi connectivity index (χ1n) is 6.91. The van der Waals surface area contributed by atoms with Crippen LogP contribution < -0.4 is 5.32 Å². The maximum absolute atomic E-state index is 13.6. The van der Waals surface area contributed by atoms with Crippen molar-refractivity contribution in [2.75, 3.05) is 5.32 Å². The molecule has 1 heterocycles. The highest BCUT2D eigenvalue weighted by Gasteiger charge is 2.07. The standard InChI is InChI=1S/C16H17BrFN3O/c1-11(2)10-21-15(7-8-19-21)20-16(22)6-3-12-9-13(17)4-5-14(12)18/h3-9,11H,10H2,1-2H3,(H,20,22)/b6-3+. The number of aromatic nitrogens is 2. The molecule has 4 nitrogen and oxygen atoms in total. The van der Waals surface area contributed by atoms with Gasteiger partial charge in [-0.15, -0.1) is 0 Å². The first kappa shape index (κ1) is 16.4. The molecule has 0 unspecified atom stereocenters. The largest absolute Gasteiger partial charge is 0.307 e. The van der Waals surface area contributed by atoms with Crippen molar-refractivity contribution in [2.24, 2.45) is 5.92 Å². The van der Waals surface area contributed by atoms with E-state index in [-0.39, 0.29) is 11.7 Å². The fourth-order valence-corrected chi connectivity index (χ4v) is 2.28. The summed E-state index contributed by atoms with van der Waals surface area (Å²) in [4.78, 5) is 11.9. The van der Waals surface area contributed by atoms with E-state index in [4.69, 9.17) is 0 Å². The van der Waals surface area contributed by atoms with E-state index in [0.29, 0.717) is 23.8 Å². The Bertz CT molecular complexity index is 694. The van der Waals surface area contributed by atoms with Gasteiger partial charge >= 0.3 is 0 Å². The molecule has 2 aromatic rings. The third-order valence-corrected chi connectivity index (χ3v) is 3.37. The van der Waals surface area contributed by atoms with E-state index in [1.54, 1.807) is 29.1 Å². The molecule has 0 radical (unpaired) electrons. The minimum absolute atomic E-state index is 0.329. The van der Waals surface area contributed by atoms with Crippen molar-refractivity contribution in [2.45, 2.75) is 20.4 Å². The van der Waals surface area contributed by atoms with Crippen LogP contribution in [0.2, 0.25) is 0 Å². The van der Waals surface area contributed by atoms with Crippen molar-refractivity contribution in [1.82, 2.24) is 9.78 Å². The number of hydrogen-bond donors (Lipinski definition) is 1. The average Bonchev–Trinajstić information content (AvgIpc) is 2.86. The Morgan fingerprint density at radius 2 is 2.23 bits per heavy atom. The van der Waals surface area contributed by atoms with Gasteiger partial charge in [-0.3, -0.25) is 4.79 Å². The summed E-state index contributed by atoms with van der Waals surface area (Å²) in [6, 6.07) is 6.30. The third-order valence-electron chi connectivity index (χ3n) is 2.88. The summed E-state index contributed by atoms with van der Waals surface area (Å²) in [6.07, 6.45) is 4.38. The Morgan fingerprint density at radius 1 is 1.45 bits per heavy atom. The van der Waals surface area contributed by atoms with E-state index in [0.717, 1.165) is 4.47 Å². The number of nitrogens with zero attached hydrogens (tertiary/aromatic N) is 2. The number of nitrogens with one attached hydrogen (secondary N) is 1. The lowest BCUT2D eigenvalue weighted by Gasteiger charge is -2.09. The number of hydrogen-bond acceptors (Lipinski definition) is 2. The second kappa shape index (κ2) is 7.35. The molecular formula is C16H17BrFN3O. The van der Waals surface area contributed by atoms with Crippen molar-refractivity contribution < 1.29 is 9.18 Å². The molecule has 22 heavy (non-hydrogen) atoms. The molecule has 1 N–H and O–H groups in total. The van der Waals surface area contributed by atoms with Crippen molar-refractivity contribution >= 4 is 33.7 Å². The Kier molecular flexibility index (Phi) is 5.49. The van der Waals surface area contributed by atoms with Crippen LogP contribution >= 0.6 is 15.9 Å². The predicted molar refractivity (Wildman–Crippen MR) is 88.8 cm³/mol. The monoisotopic (exact) mass is 365 g/mol. The number of anilines is 1. The minimum Gasteiger partial charge on any atom is -0.307 e. The smallest absolute Gasteiger partial charge is 0.249 e. The van der Waals surface area contributed by atoms with Crippen LogP contribution in [0.3, 0.4) is 0 Å². The van der Waals surface area contributed by atoms with Crippen molar-refractivity contribution in [3.63, 3.8) is 0 Å². The topological polar surface area (TPSA) is 46.9 Å². The van der Waals surface area contributed by atoms with Gasteiger partial charge in [0.1, 0.15) is 11.6 Å². The lowest BCUT2D eigenvalue weighted by Crippen LogP contribution is -2.15. The highest BCUT2D eigenvalue weighted by Crippen LogP contribution is 2.17. The third kappa shape index (κ3) is 4.53. The molecule has 2 rings (SSSR count). The summed E-state index contributed by atoms with van der Waals surface area (Å²) in [5.74, 6) is 0.335. The Morgan fingerprint density at radius 3 is 2.95 bits per heavy atom. The van der Waals surface area contributed by atoms with Gasteiger partial charge in [0.05, 0.1) is 6.20 Å². The van der Waals surface area contributed by atoms with Gasteiger partial charge in [0.15, 0.2) is 0 Å².